The summed E-state index contributed by atoms with van der Waals surface area (Å²) < 4.78 is 5.42. The summed E-state index contributed by atoms with van der Waals surface area (Å²) in [5.74, 6) is -0.229. The van der Waals surface area contributed by atoms with Crippen LogP contribution in [0.3, 0.4) is 0 Å². The lowest BCUT2D eigenvalue weighted by Gasteiger charge is -2.14. The predicted molar refractivity (Wildman–Crippen MR) is 113 cm³/mol. The predicted octanol–water partition coefficient (Wildman–Crippen LogP) is 2.24. The molecule has 2 aromatic rings. The van der Waals surface area contributed by atoms with Gasteiger partial charge in [-0.2, -0.15) is 0 Å². The monoisotopic (exact) mass is 397 g/mol. The number of methoxy groups -OCH3 is 1. The van der Waals surface area contributed by atoms with E-state index in [-0.39, 0.29) is 43.7 Å². The largest absolute Gasteiger partial charge is 0.399 e. The molecule has 0 aliphatic heterocycles. The van der Waals surface area contributed by atoms with Gasteiger partial charge in [0.1, 0.15) is 0 Å². The first-order chi connectivity index (χ1) is 14.0. The number of benzene rings is 2. The molecule has 1 aliphatic rings. The highest BCUT2D eigenvalue weighted by Gasteiger charge is 2.29. The molecular weight excluding hydrogens is 370 g/mol. The van der Waals surface area contributed by atoms with Crippen molar-refractivity contribution in [2.24, 2.45) is 0 Å². The minimum Gasteiger partial charge on any atom is -0.399 e. The molecule has 0 spiro atoms. The first-order valence-corrected chi connectivity index (χ1v) is 9.73. The molecule has 0 bridgehead atoms. The average Bonchev–Trinajstić information content (AvgIpc) is 2.99. The lowest BCUT2D eigenvalue weighted by Crippen LogP contribution is -2.26. The standard InChI is InChI=1S/C22H27N3O4/c1-29-13-20-18-11-14(23)5-7-16(18)17-8-6-15(12-19(17)20)25-22(28)4-2-3-21(27)24-9-10-26/h5-8,11-12,20,26H,2-4,9-10,13,23H2,1H3,(H,24,27)(H,25,28). The number of aliphatic hydroxyl groups is 1. The zero-order valence-corrected chi connectivity index (χ0v) is 16.5. The molecule has 1 aliphatic carbocycles. The molecule has 1 atom stereocenters. The highest BCUT2D eigenvalue weighted by molar-refractivity contribution is 5.92. The van der Waals surface area contributed by atoms with Crippen LogP contribution in [0.25, 0.3) is 11.1 Å². The van der Waals surface area contributed by atoms with Crippen LogP contribution in [-0.4, -0.2) is 43.8 Å². The van der Waals surface area contributed by atoms with Crippen molar-refractivity contribution >= 4 is 23.2 Å². The van der Waals surface area contributed by atoms with E-state index >= 15 is 0 Å². The lowest BCUT2D eigenvalue weighted by molar-refractivity contribution is -0.121. The Morgan fingerprint density at radius 1 is 1.07 bits per heavy atom. The SMILES string of the molecule is COCC1c2cc(N)ccc2-c2ccc(NC(=O)CCCC(=O)NCCO)cc21. The minimum absolute atomic E-state index is 0.0700. The third-order valence-corrected chi connectivity index (χ3v) is 5.03. The summed E-state index contributed by atoms with van der Waals surface area (Å²) in [5.41, 5.74) is 11.9. The smallest absolute Gasteiger partial charge is 0.224 e. The van der Waals surface area contributed by atoms with Crippen LogP contribution in [0.5, 0.6) is 0 Å². The molecule has 0 heterocycles. The van der Waals surface area contributed by atoms with Gasteiger partial charge >= 0.3 is 0 Å². The number of hydrogen-bond donors (Lipinski definition) is 4. The molecule has 2 amide bonds. The van der Waals surface area contributed by atoms with Crippen LogP contribution in [0.15, 0.2) is 36.4 Å². The number of fused-ring (bicyclic) bond motifs is 3. The van der Waals surface area contributed by atoms with Gasteiger partial charge in [0.05, 0.1) is 13.2 Å². The van der Waals surface area contributed by atoms with Crippen molar-refractivity contribution in [2.75, 3.05) is 37.9 Å². The van der Waals surface area contributed by atoms with Crippen molar-refractivity contribution in [3.8, 4) is 11.1 Å². The fourth-order valence-corrected chi connectivity index (χ4v) is 3.72. The van der Waals surface area contributed by atoms with E-state index in [0.29, 0.717) is 18.7 Å². The molecule has 1 unspecified atom stereocenters. The topological polar surface area (TPSA) is 114 Å². The van der Waals surface area contributed by atoms with E-state index in [1.807, 2.05) is 36.4 Å². The lowest BCUT2D eigenvalue weighted by atomic mass is 9.97. The molecule has 7 heteroatoms. The summed E-state index contributed by atoms with van der Waals surface area (Å²) in [4.78, 5) is 23.8. The summed E-state index contributed by atoms with van der Waals surface area (Å²) in [6, 6.07) is 11.8. The normalized spacial score (nSPS) is 14.2. The van der Waals surface area contributed by atoms with Crippen LogP contribution in [-0.2, 0) is 14.3 Å². The fourth-order valence-electron chi connectivity index (χ4n) is 3.72. The van der Waals surface area contributed by atoms with E-state index in [4.69, 9.17) is 15.6 Å². The Balaban J connectivity index is 1.66. The Morgan fingerprint density at radius 2 is 1.76 bits per heavy atom. The summed E-state index contributed by atoms with van der Waals surface area (Å²) in [7, 11) is 1.67. The number of rotatable bonds is 9. The van der Waals surface area contributed by atoms with Crippen molar-refractivity contribution in [3.63, 3.8) is 0 Å². The van der Waals surface area contributed by atoms with Gasteiger partial charge in [-0.25, -0.2) is 0 Å². The summed E-state index contributed by atoms with van der Waals surface area (Å²) >= 11 is 0. The maximum absolute atomic E-state index is 12.3. The number of carbonyl (C=O) groups is 2. The molecule has 0 saturated carbocycles. The fraction of sp³-hybridized carbons (Fsp3) is 0.364. The van der Waals surface area contributed by atoms with Gasteiger partial charge in [-0.1, -0.05) is 12.1 Å². The second kappa shape index (κ2) is 9.54. The number of nitrogen functional groups attached to an aromatic ring is 1. The van der Waals surface area contributed by atoms with E-state index in [9.17, 15) is 9.59 Å². The number of nitrogens with one attached hydrogen (secondary N) is 2. The molecule has 0 saturated heterocycles. The van der Waals surface area contributed by atoms with Gasteiger partial charge in [-0.05, 0) is 52.9 Å². The second-order valence-corrected chi connectivity index (χ2v) is 7.13. The number of amides is 2. The Morgan fingerprint density at radius 3 is 2.48 bits per heavy atom. The minimum atomic E-state index is -0.163. The summed E-state index contributed by atoms with van der Waals surface area (Å²) in [6.07, 6.45) is 0.956. The maximum Gasteiger partial charge on any atom is 0.224 e. The van der Waals surface area contributed by atoms with Gasteiger partial charge in [-0.3, -0.25) is 9.59 Å². The van der Waals surface area contributed by atoms with Crippen molar-refractivity contribution in [3.05, 3.63) is 47.5 Å². The van der Waals surface area contributed by atoms with E-state index in [0.717, 1.165) is 27.9 Å². The Bertz CT molecular complexity index is 898. The number of ether oxygens (including phenoxy) is 1. The average molecular weight is 397 g/mol. The third-order valence-electron chi connectivity index (χ3n) is 5.03. The zero-order chi connectivity index (χ0) is 20.8. The molecule has 29 heavy (non-hydrogen) atoms. The quantitative estimate of drug-likeness (QED) is 0.485. The van der Waals surface area contributed by atoms with E-state index in [1.165, 1.54) is 0 Å². The molecule has 0 radical (unpaired) electrons. The first kappa shape index (κ1) is 20.8. The Labute approximate surface area is 170 Å². The van der Waals surface area contributed by atoms with Crippen molar-refractivity contribution < 1.29 is 19.4 Å². The van der Waals surface area contributed by atoms with Crippen LogP contribution in [0.1, 0.15) is 36.3 Å². The molecule has 0 aromatic heterocycles. The van der Waals surface area contributed by atoms with Gasteiger partial charge in [-0.15, -0.1) is 0 Å². The second-order valence-electron chi connectivity index (χ2n) is 7.13. The van der Waals surface area contributed by atoms with Crippen LogP contribution in [0, 0.1) is 0 Å². The highest BCUT2D eigenvalue weighted by Crippen LogP contribution is 2.46. The summed E-state index contributed by atoms with van der Waals surface area (Å²) in [5, 5.41) is 14.2. The van der Waals surface area contributed by atoms with Crippen molar-refractivity contribution in [2.45, 2.75) is 25.2 Å². The molecule has 5 N–H and O–H groups in total. The van der Waals surface area contributed by atoms with Crippen molar-refractivity contribution in [1.82, 2.24) is 5.32 Å². The molecule has 3 rings (SSSR count). The Kier molecular flexibility index (Phi) is 6.85. The number of hydrogen-bond acceptors (Lipinski definition) is 5. The molecule has 7 nitrogen and oxygen atoms in total. The molecule has 154 valence electrons. The van der Waals surface area contributed by atoms with E-state index in [1.54, 1.807) is 7.11 Å². The van der Waals surface area contributed by atoms with Crippen LogP contribution in [0.4, 0.5) is 11.4 Å². The van der Waals surface area contributed by atoms with Gasteiger partial charge in [0.25, 0.3) is 0 Å². The number of carbonyl (C=O) groups excluding carboxylic acids is 2. The third kappa shape index (κ3) is 4.93. The maximum atomic E-state index is 12.3. The van der Waals surface area contributed by atoms with Crippen LogP contribution < -0.4 is 16.4 Å². The molecular formula is C22H27N3O4. The molecule has 2 aromatic carbocycles. The van der Waals surface area contributed by atoms with Crippen LogP contribution in [0.2, 0.25) is 0 Å². The Hall–Kier alpha value is -2.90. The first-order valence-electron chi connectivity index (χ1n) is 9.73. The van der Waals surface area contributed by atoms with Crippen LogP contribution >= 0.6 is 0 Å². The van der Waals surface area contributed by atoms with E-state index < -0.39 is 0 Å². The summed E-state index contributed by atoms with van der Waals surface area (Å²) in [6.45, 7) is 0.672. The van der Waals surface area contributed by atoms with Gasteiger partial charge < -0.3 is 26.2 Å². The van der Waals surface area contributed by atoms with Crippen molar-refractivity contribution in [1.29, 1.82) is 0 Å². The van der Waals surface area contributed by atoms with Gasteiger partial charge in [0, 0.05) is 43.8 Å². The van der Waals surface area contributed by atoms with Gasteiger partial charge in [0.2, 0.25) is 11.8 Å². The van der Waals surface area contributed by atoms with Gasteiger partial charge in [0.15, 0.2) is 0 Å². The number of anilines is 2. The number of nitrogens with two attached hydrogens (primary N) is 1. The number of aliphatic hydroxyl groups excluding tert-OH is 1. The zero-order valence-electron chi connectivity index (χ0n) is 16.5. The van der Waals surface area contributed by atoms with E-state index in [2.05, 4.69) is 10.6 Å². The highest BCUT2D eigenvalue weighted by atomic mass is 16.5. The molecule has 0 fully saturated rings.